The van der Waals surface area contributed by atoms with Gasteiger partial charge in [0, 0.05) is 0 Å². The van der Waals surface area contributed by atoms with Crippen molar-refractivity contribution in [1.82, 2.24) is 15.4 Å². The van der Waals surface area contributed by atoms with Gasteiger partial charge in [-0.05, 0) is 13.8 Å². The van der Waals surface area contributed by atoms with Crippen LogP contribution < -0.4 is 0 Å². The summed E-state index contributed by atoms with van der Waals surface area (Å²) >= 11 is 1.02. The summed E-state index contributed by atoms with van der Waals surface area (Å²) in [5, 5.41) is 9.35. The molecule has 0 aliphatic rings. The van der Waals surface area contributed by atoms with Gasteiger partial charge < -0.3 is 4.74 Å². The minimum atomic E-state index is -0.866. The minimum Gasteiger partial charge on any atom is -0.465 e. The second kappa shape index (κ2) is 5.50. The first-order chi connectivity index (χ1) is 7.15. The molecular weight excluding hydrogens is 218 g/mol. The second-order valence-corrected chi connectivity index (χ2v) is 3.79. The summed E-state index contributed by atoms with van der Waals surface area (Å²) in [6, 6.07) is 0. The number of H-pyrrole nitrogens is 1. The molecule has 1 aromatic rings. The number of ether oxygens (including phenoxy) is 1. The van der Waals surface area contributed by atoms with Crippen LogP contribution in [0.4, 0.5) is 0 Å². The smallest absolute Gasteiger partial charge is 0.327 e. The Morgan fingerprint density at radius 3 is 2.87 bits per heavy atom. The molecule has 0 aliphatic carbocycles. The van der Waals surface area contributed by atoms with Crippen molar-refractivity contribution < 1.29 is 14.3 Å². The molecule has 0 aromatic carbocycles. The number of rotatable bonds is 5. The van der Waals surface area contributed by atoms with Crippen molar-refractivity contribution in [3.8, 4) is 0 Å². The second-order valence-electron chi connectivity index (χ2n) is 2.67. The molecule has 0 radical (unpaired) electrons. The third kappa shape index (κ3) is 3.35. The average molecular weight is 229 g/mol. The van der Waals surface area contributed by atoms with E-state index < -0.39 is 11.2 Å². The summed E-state index contributed by atoms with van der Waals surface area (Å²) in [4.78, 5) is 22.6. The minimum absolute atomic E-state index is 0.252. The molecule has 7 heteroatoms. The number of thioether (sulfide) groups is 1. The predicted molar refractivity (Wildman–Crippen MR) is 53.3 cm³/mol. The van der Waals surface area contributed by atoms with Crippen LogP contribution in [0, 0.1) is 0 Å². The number of hydrogen-bond donors (Lipinski definition) is 1. The van der Waals surface area contributed by atoms with Crippen LogP contribution in [0.25, 0.3) is 0 Å². The monoisotopic (exact) mass is 229 g/mol. The first-order valence-electron chi connectivity index (χ1n) is 4.34. The predicted octanol–water partition coefficient (Wildman–Crippen LogP) is 0.417. The van der Waals surface area contributed by atoms with Crippen LogP contribution >= 0.6 is 11.8 Å². The Kier molecular flexibility index (Phi) is 4.29. The van der Waals surface area contributed by atoms with E-state index in [-0.39, 0.29) is 12.4 Å². The van der Waals surface area contributed by atoms with Gasteiger partial charge in [0.1, 0.15) is 5.03 Å². The molecule has 0 bridgehead atoms. The van der Waals surface area contributed by atoms with Crippen LogP contribution in [0.1, 0.15) is 13.8 Å². The maximum atomic E-state index is 11.4. The number of esters is 1. The number of aromatic amines is 1. The van der Waals surface area contributed by atoms with Gasteiger partial charge in [-0.25, -0.2) is 0 Å². The zero-order valence-corrected chi connectivity index (χ0v) is 9.21. The number of carbonyl (C=O) groups excluding carboxylic acids is 2. The fourth-order valence-corrected chi connectivity index (χ4v) is 1.66. The molecule has 6 nitrogen and oxygen atoms in total. The molecule has 1 rings (SSSR count). The van der Waals surface area contributed by atoms with E-state index in [2.05, 4.69) is 15.4 Å². The molecule has 1 aromatic heterocycles. The van der Waals surface area contributed by atoms with Crippen molar-refractivity contribution >= 4 is 23.5 Å². The molecule has 0 aliphatic heterocycles. The van der Waals surface area contributed by atoms with Crippen molar-refractivity contribution in [1.29, 1.82) is 0 Å². The van der Waals surface area contributed by atoms with E-state index in [4.69, 9.17) is 4.74 Å². The highest BCUT2D eigenvalue weighted by Crippen LogP contribution is 2.21. The number of Topliss-reactive ketones (excluding diaryl/α,β-unsaturated/α-hetero) is 1. The largest absolute Gasteiger partial charge is 0.465 e. The first-order valence-corrected chi connectivity index (χ1v) is 5.22. The summed E-state index contributed by atoms with van der Waals surface area (Å²) in [5.74, 6) is -0.806. The highest BCUT2D eigenvalue weighted by Gasteiger charge is 2.26. The lowest BCUT2D eigenvalue weighted by Gasteiger charge is -2.09. The number of ketones is 1. The SMILES string of the molecule is CCOC(=O)C(Sc1cn[nH]n1)C(C)=O. The van der Waals surface area contributed by atoms with Gasteiger partial charge in [-0.15, -0.1) is 5.10 Å². The molecule has 1 N–H and O–H groups in total. The van der Waals surface area contributed by atoms with Crippen molar-refractivity contribution in [2.24, 2.45) is 0 Å². The Bertz CT molecular complexity index is 339. The molecule has 82 valence electrons. The Morgan fingerprint density at radius 1 is 1.67 bits per heavy atom. The fourth-order valence-electron chi connectivity index (χ4n) is 0.884. The van der Waals surface area contributed by atoms with Crippen LogP contribution in [0.3, 0.4) is 0 Å². The third-order valence-corrected chi connectivity index (χ3v) is 2.70. The summed E-state index contributed by atoms with van der Waals surface area (Å²) in [6.45, 7) is 3.28. The molecule has 15 heavy (non-hydrogen) atoms. The molecule has 1 atom stereocenters. The zero-order valence-electron chi connectivity index (χ0n) is 8.39. The molecule has 0 amide bonds. The molecule has 0 saturated heterocycles. The van der Waals surface area contributed by atoms with Crippen molar-refractivity contribution in [3.63, 3.8) is 0 Å². The normalized spacial score (nSPS) is 12.1. The van der Waals surface area contributed by atoms with Crippen LogP contribution in [-0.2, 0) is 14.3 Å². The van der Waals surface area contributed by atoms with Crippen molar-refractivity contribution in [2.45, 2.75) is 24.1 Å². The molecule has 1 unspecified atom stereocenters. The van der Waals surface area contributed by atoms with E-state index in [1.165, 1.54) is 13.1 Å². The first kappa shape index (κ1) is 11.7. The fraction of sp³-hybridized carbons (Fsp3) is 0.500. The lowest BCUT2D eigenvalue weighted by atomic mass is 10.3. The van der Waals surface area contributed by atoms with E-state index in [9.17, 15) is 9.59 Å². The summed E-state index contributed by atoms with van der Waals surface area (Å²) in [6.07, 6.45) is 1.44. The van der Waals surface area contributed by atoms with Gasteiger partial charge in [-0.2, -0.15) is 10.3 Å². The molecular formula is C8H11N3O3S. The van der Waals surface area contributed by atoms with Gasteiger partial charge in [-0.1, -0.05) is 11.8 Å². The Morgan fingerprint density at radius 2 is 2.40 bits per heavy atom. The quantitative estimate of drug-likeness (QED) is 0.447. The zero-order chi connectivity index (χ0) is 11.3. The molecule has 0 saturated carbocycles. The van der Waals surface area contributed by atoms with E-state index in [0.29, 0.717) is 5.03 Å². The lowest BCUT2D eigenvalue weighted by Crippen LogP contribution is -2.27. The van der Waals surface area contributed by atoms with Crippen LogP contribution in [0.15, 0.2) is 11.2 Å². The molecule has 1 heterocycles. The Labute approximate surface area is 90.8 Å². The number of aromatic nitrogens is 3. The van der Waals surface area contributed by atoms with Gasteiger partial charge >= 0.3 is 5.97 Å². The van der Waals surface area contributed by atoms with Crippen LogP contribution in [0.5, 0.6) is 0 Å². The Hall–Kier alpha value is -1.37. The highest BCUT2D eigenvalue weighted by atomic mass is 32.2. The number of hydrogen-bond acceptors (Lipinski definition) is 6. The van der Waals surface area contributed by atoms with Crippen molar-refractivity contribution in [3.05, 3.63) is 6.20 Å². The van der Waals surface area contributed by atoms with Crippen molar-refractivity contribution in [2.75, 3.05) is 6.61 Å². The van der Waals surface area contributed by atoms with E-state index in [0.717, 1.165) is 11.8 Å². The number of nitrogens with zero attached hydrogens (tertiary/aromatic N) is 2. The van der Waals surface area contributed by atoms with E-state index in [1.54, 1.807) is 6.92 Å². The maximum absolute atomic E-state index is 11.4. The molecule has 0 spiro atoms. The summed E-state index contributed by atoms with van der Waals surface area (Å²) < 4.78 is 4.78. The summed E-state index contributed by atoms with van der Waals surface area (Å²) in [7, 11) is 0. The standard InChI is InChI=1S/C8H11N3O3S/c1-3-14-8(13)7(5(2)12)15-6-4-9-11-10-6/h4,7H,3H2,1-2H3,(H,9,10,11). The Balaban J connectivity index is 2.66. The van der Waals surface area contributed by atoms with Crippen LogP contribution in [-0.4, -0.2) is 39.0 Å². The summed E-state index contributed by atoms with van der Waals surface area (Å²) in [5.41, 5.74) is 0. The van der Waals surface area contributed by atoms with Gasteiger partial charge in [0.05, 0.1) is 12.8 Å². The van der Waals surface area contributed by atoms with E-state index in [1.807, 2.05) is 0 Å². The average Bonchev–Trinajstić information content (AvgIpc) is 2.66. The topological polar surface area (TPSA) is 84.9 Å². The van der Waals surface area contributed by atoms with Gasteiger partial charge in [0.2, 0.25) is 0 Å². The van der Waals surface area contributed by atoms with Gasteiger partial charge in [0.15, 0.2) is 11.0 Å². The van der Waals surface area contributed by atoms with Gasteiger partial charge in [0.25, 0.3) is 0 Å². The van der Waals surface area contributed by atoms with Crippen LogP contribution in [0.2, 0.25) is 0 Å². The van der Waals surface area contributed by atoms with Gasteiger partial charge in [-0.3, -0.25) is 9.59 Å². The number of carbonyl (C=O) groups is 2. The number of nitrogens with one attached hydrogen (secondary N) is 1. The molecule has 0 fully saturated rings. The lowest BCUT2D eigenvalue weighted by molar-refractivity contribution is -0.144. The van der Waals surface area contributed by atoms with E-state index >= 15 is 0 Å². The highest BCUT2D eigenvalue weighted by molar-refractivity contribution is 8.01. The third-order valence-electron chi connectivity index (χ3n) is 1.50. The maximum Gasteiger partial charge on any atom is 0.327 e.